The maximum absolute atomic E-state index is 11.0. The molecule has 6 heteroatoms. The van der Waals surface area contributed by atoms with Gasteiger partial charge in [-0.05, 0) is 40.5 Å². The molecule has 0 atom stereocenters. The first kappa shape index (κ1) is 11.0. The first-order valence-electron chi connectivity index (χ1n) is 3.31. The van der Waals surface area contributed by atoms with Gasteiger partial charge in [0.15, 0.2) is 0 Å². The van der Waals surface area contributed by atoms with Crippen LogP contribution in [-0.2, 0) is 10.0 Å². The fraction of sp³-hybridized carbons (Fsp3) is 0.143. The lowest BCUT2D eigenvalue weighted by molar-refractivity contribution is 0.597. The van der Waals surface area contributed by atoms with Crippen molar-refractivity contribution in [1.82, 2.24) is 0 Å². The van der Waals surface area contributed by atoms with E-state index in [0.29, 0.717) is 9.50 Å². The van der Waals surface area contributed by atoms with Crippen LogP contribution < -0.4 is 5.14 Å². The predicted octanol–water partition coefficient (Wildman–Crippen LogP) is 2.06. The highest BCUT2D eigenvalue weighted by Gasteiger charge is 2.11. The SMILES string of the molecule is Cc1cc(S(N)(=O)=O)cc(Cl)c1Br. The number of hydrogen-bond donors (Lipinski definition) is 1. The summed E-state index contributed by atoms with van der Waals surface area (Å²) in [6.45, 7) is 1.74. The molecule has 0 unspecified atom stereocenters. The summed E-state index contributed by atoms with van der Waals surface area (Å²) in [7, 11) is -3.67. The summed E-state index contributed by atoms with van der Waals surface area (Å²) in [6, 6.07) is 2.78. The van der Waals surface area contributed by atoms with E-state index in [1.54, 1.807) is 6.92 Å². The molecule has 0 aromatic heterocycles. The van der Waals surface area contributed by atoms with Crippen molar-refractivity contribution < 1.29 is 8.42 Å². The molecule has 0 amide bonds. The molecule has 1 rings (SSSR count). The van der Waals surface area contributed by atoms with Gasteiger partial charge in [-0.3, -0.25) is 0 Å². The Bertz CT molecular complexity index is 421. The minimum absolute atomic E-state index is 0.0261. The molecule has 0 spiro atoms. The van der Waals surface area contributed by atoms with Gasteiger partial charge < -0.3 is 0 Å². The molecule has 13 heavy (non-hydrogen) atoms. The number of benzene rings is 1. The zero-order chi connectivity index (χ0) is 10.2. The highest BCUT2D eigenvalue weighted by Crippen LogP contribution is 2.28. The molecule has 0 saturated heterocycles. The van der Waals surface area contributed by atoms with Gasteiger partial charge in [-0.15, -0.1) is 0 Å². The monoisotopic (exact) mass is 283 g/mol. The lowest BCUT2D eigenvalue weighted by Gasteiger charge is -2.04. The Morgan fingerprint density at radius 1 is 1.46 bits per heavy atom. The van der Waals surface area contributed by atoms with Gasteiger partial charge in [0.2, 0.25) is 10.0 Å². The normalized spacial score (nSPS) is 11.7. The van der Waals surface area contributed by atoms with Crippen LogP contribution in [0.5, 0.6) is 0 Å². The Morgan fingerprint density at radius 3 is 2.38 bits per heavy atom. The third-order valence-electron chi connectivity index (χ3n) is 1.51. The Kier molecular flexibility index (Phi) is 3.01. The summed E-state index contributed by atoms with van der Waals surface area (Å²) in [6.07, 6.45) is 0. The smallest absolute Gasteiger partial charge is 0.225 e. The number of aryl methyl sites for hydroxylation is 1. The van der Waals surface area contributed by atoms with Gasteiger partial charge in [0.25, 0.3) is 0 Å². The Balaban J connectivity index is 3.47. The van der Waals surface area contributed by atoms with Crippen molar-refractivity contribution in [2.24, 2.45) is 5.14 Å². The highest BCUT2D eigenvalue weighted by atomic mass is 79.9. The van der Waals surface area contributed by atoms with Crippen LogP contribution >= 0.6 is 27.5 Å². The number of hydrogen-bond acceptors (Lipinski definition) is 2. The molecule has 0 fully saturated rings. The van der Waals surface area contributed by atoms with Crippen LogP contribution in [0.2, 0.25) is 5.02 Å². The molecule has 3 nitrogen and oxygen atoms in total. The van der Waals surface area contributed by atoms with Crippen molar-refractivity contribution in [3.63, 3.8) is 0 Å². The van der Waals surface area contributed by atoms with E-state index >= 15 is 0 Å². The summed E-state index contributed by atoms with van der Waals surface area (Å²) in [5.74, 6) is 0. The van der Waals surface area contributed by atoms with Crippen molar-refractivity contribution in [3.05, 3.63) is 27.2 Å². The van der Waals surface area contributed by atoms with Gasteiger partial charge in [-0.2, -0.15) is 0 Å². The predicted molar refractivity (Wildman–Crippen MR) is 55.3 cm³/mol. The maximum Gasteiger partial charge on any atom is 0.238 e. The zero-order valence-electron chi connectivity index (χ0n) is 6.71. The van der Waals surface area contributed by atoms with Crippen LogP contribution in [0.1, 0.15) is 5.56 Å². The molecule has 0 aliphatic carbocycles. The molecule has 2 N–H and O–H groups in total. The Hall–Kier alpha value is -0.100. The molecule has 0 aliphatic heterocycles. The number of nitrogens with two attached hydrogens (primary N) is 1. The molecule has 72 valence electrons. The molecule has 0 bridgehead atoms. The topological polar surface area (TPSA) is 60.2 Å². The van der Waals surface area contributed by atoms with Gasteiger partial charge in [-0.1, -0.05) is 11.6 Å². The Morgan fingerprint density at radius 2 is 2.00 bits per heavy atom. The molecular weight excluding hydrogens is 278 g/mol. The van der Waals surface area contributed by atoms with E-state index in [4.69, 9.17) is 16.7 Å². The third-order valence-corrected chi connectivity index (χ3v) is 3.98. The molecule has 0 radical (unpaired) electrons. The van der Waals surface area contributed by atoms with Crippen LogP contribution in [0.15, 0.2) is 21.5 Å². The van der Waals surface area contributed by atoms with Gasteiger partial charge in [0.05, 0.1) is 9.92 Å². The summed E-state index contributed by atoms with van der Waals surface area (Å²) < 4.78 is 22.6. The largest absolute Gasteiger partial charge is 0.238 e. The van der Waals surface area contributed by atoms with Crippen LogP contribution in [-0.4, -0.2) is 8.42 Å². The number of primary sulfonamides is 1. The second-order valence-corrected chi connectivity index (χ2v) is 5.34. The van der Waals surface area contributed by atoms with E-state index in [1.807, 2.05) is 0 Å². The molecular formula is C7H7BrClNO2S. The minimum Gasteiger partial charge on any atom is -0.225 e. The standard InChI is InChI=1S/C7H7BrClNO2S/c1-4-2-5(13(10,11)12)3-6(9)7(4)8/h2-3H,1H3,(H2,10,11,12). The lowest BCUT2D eigenvalue weighted by atomic mass is 10.2. The first-order chi connectivity index (χ1) is 5.82. The van der Waals surface area contributed by atoms with Crippen molar-refractivity contribution >= 4 is 37.6 Å². The van der Waals surface area contributed by atoms with E-state index in [0.717, 1.165) is 5.56 Å². The van der Waals surface area contributed by atoms with Crippen LogP contribution in [0, 0.1) is 6.92 Å². The van der Waals surface area contributed by atoms with E-state index in [-0.39, 0.29) is 4.90 Å². The molecule has 0 saturated carbocycles. The van der Waals surface area contributed by atoms with Crippen LogP contribution in [0.25, 0.3) is 0 Å². The third kappa shape index (κ3) is 2.43. The molecule has 0 aliphatic rings. The van der Waals surface area contributed by atoms with Gasteiger partial charge in [0, 0.05) is 4.47 Å². The average molecular weight is 285 g/mol. The van der Waals surface area contributed by atoms with Crippen molar-refractivity contribution in [1.29, 1.82) is 0 Å². The fourth-order valence-electron chi connectivity index (χ4n) is 0.859. The number of sulfonamides is 1. The van der Waals surface area contributed by atoms with Gasteiger partial charge in [-0.25, -0.2) is 13.6 Å². The lowest BCUT2D eigenvalue weighted by Crippen LogP contribution is -2.12. The van der Waals surface area contributed by atoms with E-state index in [9.17, 15) is 8.42 Å². The first-order valence-corrected chi connectivity index (χ1v) is 6.02. The molecule has 0 heterocycles. The molecule has 1 aromatic rings. The van der Waals surface area contributed by atoms with E-state index in [2.05, 4.69) is 15.9 Å². The number of halogens is 2. The van der Waals surface area contributed by atoms with Crippen molar-refractivity contribution in [3.8, 4) is 0 Å². The minimum atomic E-state index is -3.67. The van der Waals surface area contributed by atoms with Gasteiger partial charge >= 0.3 is 0 Å². The van der Waals surface area contributed by atoms with Gasteiger partial charge in [0.1, 0.15) is 0 Å². The van der Waals surface area contributed by atoms with Crippen molar-refractivity contribution in [2.75, 3.05) is 0 Å². The molecule has 1 aromatic carbocycles. The second-order valence-electron chi connectivity index (χ2n) is 2.58. The Labute approximate surface area is 90.1 Å². The van der Waals surface area contributed by atoms with Crippen molar-refractivity contribution in [2.45, 2.75) is 11.8 Å². The summed E-state index contributed by atoms with van der Waals surface area (Å²) in [5.41, 5.74) is 0.733. The summed E-state index contributed by atoms with van der Waals surface area (Å²) >= 11 is 8.97. The zero-order valence-corrected chi connectivity index (χ0v) is 9.87. The second kappa shape index (κ2) is 3.57. The van der Waals surface area contributed by atoms with Crippen LogP contribution in [0.4, 0.5) is 0 Å². The number of rotatable bonds is 1. The maximum atomic E-state index is 11.0. The van der Waals surface area contributed by atoms with Crippen LogP contribution in [0.3, 0.4) is 0 Å². The highest BCUT2D eigenvalue weighted by molar-refractivity contribution is 9.10. The summed E-state index contributed by atoms with van der Waals surface area (Å²) in [5, 5.41) is 5.28. The summed E-state index contributed by atoms with van der Waals surface area (Å²) in [4.78, 5) is 0.0261. The average Bonchev–Trinajstić information content (AvgIpc) is 1.97. The fourth-order valence-corrected chi connectivity index (χ4v) is 2.04. The van der Waals surface area contributed by atoms with E-state index < -0.39 is 10.0 Å². The van der Waals surface area contributed by atoms with E-state index in [1.165, 1.54) is 12.1 Å². The quantitative estimate of drug-likeness (QED) is 0.858.